The van der Waals surface area contributed by atoms with Crippen LogP contribution in [-0.2, 0) is 16.0 Å². The molecule has 0 bridgehead atoms. The van der Waals surface area contributed by atoms with Crippen LogP contribution in [0.5, 0.6) is 0 Å². The van der Waals surface area contributed by atoms with E-state index in [1.807, 2.05) is 38.1 Å². The Morgan fingerprint density at radius 3 is 2.91 bits per heavy atom. The highest BCUT2D eigenvalue weighted by atomic mass is 16.2. The van der Waals surface area contributed by atoms with Crippen LogP contribution >= 0.6 is 0 Å². The maximum atomic E-state index is 12.3. The molecule has 1 aliphatic rings. The van der Waals surface area contributed by atoms with E-state index in [4.69, 9.17) is 0 Å². The van der Waals surface area contributed by atoms with Crippen molar-refractivity contribution in [2.45, 2.75) is 52.0 Å². The third kappa shape index (κ3) is 5.05. The molecule has 1 unspecified atom stereocenters. The van der Waals surface area contributed by atoms with Gasteiger partial charge < -0.3 is 9.80 Å². The molecule has 0 N–H and O–H groups in total. The molecule has 1 aromatic heterocycles. The smallest absolute Gasteiger partial charge is 0.222 e. The third-order valence-electron chi connectivity index (χ3n) is 4.52. The minimum absolute atomic E-state index is 0.116. The van der Waals surface area contributed by atoms with Crippen LogP contribution in [0.2, 0.25) is 0 Å². The summed E-state index contributed by atoms with van der Waals surface area (Å²) in [5.74, 6) is 0.362. The number of hydrogen-bond acceptors (Lipinski definition) is 3. The van der Waals surface area contributed by atoms with E-state index in [-0.39, 0.29) is 17.9 Å². The molecule has 126 valence electrons. The molecule has 1 atom stereocenters. The van der Waals surface area contributed by atoms with Crippen molar-refractivity contribution in [1.29, 1.82) is 0 Å². The Balaban J connectivity index is 1.75. The van der Waals surface area contributed by atoms with Gasteiger partial charge in [0.2, 0.25) is 11.8 Å². The molecule has 0 saturated carbocycles. The molecule has 1 saturated heterocycles. The van der Waals surface area contributed by atoms with Crippen molar-refractivity contribution in [3.63, 3.8) is 0 Å². The van der Waals surface area contributed by atoms with Gasteiger partial charge in [-0.25, -0.2) is 0 Å². The van der Waals surface area contributed by atoms with Crippen molar-refractivity contribution >= 4 is 11.8 Å². The van der Waals surface area contributed by atoms with Crippen LogP contribution in [-0.4, -0.2) is 52.8 Å². The fourth-order valence-corrected chi connectivity index (χ4v) is 2.93. The standard InChI is InChI=1S/C18H27N3O2/c1-14-8-9-19-16(12-14)13-15(2)20(3)17(22)6-4-10-21-11-5-7-18(21)23/h8-9,12,15H,4-7,10-11,13H2,1-3H3. The number of nitrogens with zero attached hydrogens (tertiary/aromatic N) is 3. The first-order valence-corrected chi connectivity index (χ1v) is 8.42. The molecule has 2 amide bonds. The predicted octanol–water partition coefficient (Wildman–Crippen LogP) is 2.18. The Hall–Kier alpha value is -1.91. The highest BCUT2D eigenvalue weighted by Gasteiger charge is 2.21. The summed E-state index contributed by atoms with van der Waals surface area (Å²) in [6, 6.07) is 4.15. The number of aromatic nitrogens is 1. The van der Waals surface area contributed by atoms with Gasteiger partial charge in [0.05, 0.1) is 0 Å². The van der Waals surface area contributed by atoms with Crippen LogP contribution in [0.4, 0.5) is 0 Å². The zero-order valence-corrected chi connectivity index (χ0v) is 14.4. The highest BCUT2D eigenvalue weighted by molar-refractivity contribution is 5.78. The molecule has 2 rings (SSSR count). The number of rotatable bonds is 7. The summed E-state index contributed by atoms with van der Waals surface area (Å²) in [6.45, 7) is 5.64. The number of likely N-dealkylation sites (N-methyl/N-ethyl adjacent to an activating group) is 1. The Morgan fingerprint density at radius 1 is 1.48 bits per heavy atom. The SMILES string of the molecule is Cc1ccnc(CC(C)N(C)C(=O)CCCN2CCCC2=O)c1. The Kier molecular flexibility index (Phi) is 6.13. The van der Waals surface area contributed by atoms with E-state index in [2.05, 4.69) is 11.1 Å². The summed E-state index contributed by atoms with van der Waals surface area (Å²) in [5.41, 5.74) is 2.20. The van der Waals surface area contributed by atoms with Crippen LogP contribution in [0.25, 0.3) is 0 Å². The lowest BCUT2D eigenvalue weighted by molar-refractivity contribution is -0.133. The van der Waals surface area contributed by atoms with Gasteiger partial charge in [0.15, 0.2) is 0 Å². The molecular formula is C18H27N3O2. The van der Waals surface area contributed by atoms with Gasteiger partial charge in [0.1, 0.15) is 0 Å². The monoisotopic (exact) mass is 317 g/mol. The Bertz CT molecular complexity index is 559. The number of aryl methyl sites for hydroxylation is 1. The minimum Gasteiger partial charge on any atom is -0.343 e. The zero-order chi connectivity index (χ0) is 16.8. The highest BCUT2D eigenvalue weighted by Crippen LogP contribution is 2.12. The molecule has 0 aliphatic carbocycles. The van der Waals surface area contributed by atoms with Gasteiger partial charge >= 0.3 is 0 Å². The molecule has 1 aromatic rings. The van der Waals surface area contributed by atoms with Gasteiger partial charge in [-0.1, -0.05) is 0 Å². The van der Waals surface area contributed by atoms with Crippen LogP contribution in [0.1, 0.15) is 43.9 Å². The quantitative estimate of drug-likeness (QED) is 0.774. The molecule has 0 radical (unpaired) electrons. The van der Waals surface area contributed by atoms with E-state index in [9.17, 15) is 9.59 Å². The van der Waals surface area contributed by atoms with Crippen molar-refractivity contribution in [3.8, 4) is 0 Å². The number of pyridine rings is 1. The number of hydrogen-bond donors (Lipinski definition) is 0. The first-order valence-electron chi connectivity index (χ1n) is 8.42. The maximum Gasteiger partial charge on any atom is 0.222 e. The average molecular weight is 317 g/mol. The van der Waals surface area contributed by atoms with Gasteiger partial charge in [-0.05, 0) is 44.4 Å². The van der Waals surface area contributed by atoms with Crippen LogP contribution in [0.3, 0.4) is 0 Å². The Morgan fingerprint density at radius 2 is 2.26 bits per heavy atom. The number of likely N-dealkylation sites (tertiary alicyclic amines) is 1. The van der Waals surface area contributed by atoms with Gasteiger partial charge in [0, 0.05) is 57.3 Å². The molecule has 0 aromatic carbocycles. The van der Waals surface area contributed by atoms with E-state index in [0.717, 1.165) is 31.5 Å². The van der Waals surface area contributed by atoms with Crippen molar-refractivity contribution in [1.82, 2.24) is 14.8 Å². The fraction of sp³-hybridized carbons (Fsp3) is 0.611. The molecule has 5 nitrogen and oxygen atoms in total. The lowest BCUT2D eigenvalue weighted by atomic mass is 10.1. The van der Waals surface area contributed by atoms with Crippen molar-refractivity contribution < 1.29 is 9.59 Å². The second-order valence-electron chi connectivity index (χ2n) is 6.47. The summed E-state index contributed by atoms with van der Waals surface area (Å²) in [4.78, 5) is 31.9. The molecule has 23 heavy (non-hydrogen) atoms. The molecule has 5 heteroatoms. The fourth-order valence-electron chi connectivity index (χ4n) is 2.93. The van der Waals surface area contributed by atoms with Gasteiger partial charge in [-0.2, -0.15) is 0 Å². The normalized spacial score (nSPS) is 15.8. The lowest BCUT2D eigenvalue weighted by Gasteiger charge is -2.25. The van der Waals surface area contributed by atoms with E-state index < -0.39 is 0 Å². The molecule has 0 spiro atoms. The molecule has 2 heterocycles. The Labute approximate surface area is 138 Å². The summed E-state index contributed by atoms with van der Waals surface area (Å²) in [5, 5.41) is 0. The van der Waals surface area contributed by atoms with E-state index in [1.54, 1.807) is 4.90 Å². The van der Waals surface area contributed by atoms with Crippen molar-refractivity contribution in [2.75, 3.05) is 20.1 Å². The minimum atomic E-state index is 0.116. The summed E-state index contributed by atoms with van der Waals surface area (Å²) >= 11 is 0. The van der Waals surface area contributed by atoms with Crippen molar-refractivity contribution in [3.05, 3.63) is 29.6 Å². The number of carbonyl (C=O) groups is 2. The first-order chi connectivity index (χ1) is 11.0. The number of carbonyl (C=O) groups excluding carboxylic acids is 2. The van der Waals surface area contributed by atoms with Gasteiger partial charge in [-0.15, -0.1) is 0 Å². The van der Waals surface area contributed by atoms with Crippen LogP contribution in [0.15, 0.2) is 18.3 Å². The molecule has 1 fully saturated rings. The van der Waals surface area contributed by atoms with E-state index in [0.29, 0.717) is 19.4 Å². The number of amides is 2. The first kappa shape index (κ1) is 17.4. The zero-order valence-electron chi connectivity index (χ0n) is 14.4. The largest absolute Gasteiger partial charge is 0.343 e. The average Bonchev–Trinajstić information content (AvgIpc) is 2.91. The van der Waals surface area contributed by atoms with Crippen LogP contribution in [0, 0.1) is 6.92 Å². The predicted molar refractivity (Wildman–Crippen MR) is 90.0 cm³/mol. The summed E-state index contributed by atoms with van der Waals surface area (Å²) < 4.78 is 0. The lowest BCUT2D eigenvalue weighted by Crippen LogP contribution is -2.37. The summed E-state index contributed by atoms with van der Waals surface area (Å²) in [7, 11) is 1.85. The van der Waals surface area contributed by atoms with E-state index in [1.165, 1.54) is 5.56 Å². The third-order valence-corrected chi connectivity index (χ3v) is 4.52. The topological polar surface area (TPSA) is 53.5 Å². The van der Waals surface area contributed by atoms with Gasteiger partial charge in [0.25, 0.3) is 0 Å². The van der Waals surface area contributed by atoms with Crippen LogP contribution < -0.4 is 0 Å². The second-order valence-corrected chi connectivity index (χ2v) is 6.47. The molecule has 1 aliphatic heterocycles. The van der Waals surface area contributed by atoms with Crippen molar-refractivity contribution in [2.24, 2.45) is 0 Å². The van der Waals surface area contributed by atoms with Gasteiger partial charge in [-0.3, -0.25) is 14.6 Å². The summed E-state index contributed by atoms with van der Waals surface area (Å²) in [6.07, 6.45) is 5.42. The maximum absolute atomic E-state index is 12.3. The second kappa shape index (κ2) is 8.09. The molecular weight excluding hydrogens is 290 g/mol. The van der Waals surface area contributed by atoms with E-state index >= 15 is 0 Å².